The van der Waals surface area contributed by atoms with Gasteiger partial charge in [0.1, 0.15) is 6.10 Å². The highest BCUT2D eigenvalue weighted by Gasteiger charge is 2.44. The van der Waals surface area contributed by atoms with Crippen LogP contribution in [0.25, 0.3) is 0 Å². The number of ether oxygens (including phenoxy) is 1. The Hall–Kier alpha value is -0.870. The zero-order chi connectivity index (χ0) is 11.9. The lowest BCUT2D eigenvalue weighted by molar-refractivity contribution is -0.157. The molecule has 2 unspecified atom stereocenters. The summed E-state index contributed by atoms with van der Waals surface area (Å²) < 4.78 is 7.77. The van der Waals surface area contributed by atoms with Gasteiger partial charge in [0.2, 0.25) is 0 Å². The van der Waals surface area contributed by atoms with Gasteiger partial charge < -0.3 is 14.4 Å². The number of aromatic nitrogens is 2. The van der Waals surface area contributed by atoms with E-state index in [0.717, 1.165) is 25.1 Å². The Morgan fingerprint density at radius 3 is 3.00 bits per heavy atom. The highest BCUT2D eigenvalue weighted by Crippen LogP contribution is 2.46. The summed E-state index contributed by atoms with van der Waals surface area (Å²) in [4.78, 5) is 4.25. The van der Waals surface area contributed by atoms with Gasteiger partial charge in [-0.15, -0.1) is 0 Å². The van der Waals surface area contributed by atoms with Crippen LogP contribution in [0.4, 0.5) is 0 Å². The monoisotopic (exact) mass is 236 g/mol. The summed E-state index contributed by atoms with van der Waals surface area (Å²) in [6.45, 7) is 0.786. The Morgan fingerprint density at radius 1 is 1.59 bits per heavy atom. The van der Waals surface area contributed by atoms with Crippen molar-refractivity contribution in [3.05, 3.63) is 18.2 Å². The van der Waals surface area contributed by atoms with Crippen LogP contribution in [-0.2, 0) is 11.8 Å². The van der Waals surface area contributed by atoms with Crippen molar-refractivity contribution in [3.8, 4) is 0 Å². The van der Waals surface area contributed by atoms with Gasteiger partial charge in [0.05, 0.1) is 17.6 Å². The van der Waals surface area contributed by atoms with E-state index in [9.17, 15) is 5.11 Å². The molecule has 1 saturated heterocycles. The van der Waals surface area contributed by atoms with Gasteiger partial charge in [-0.25, -0.2) is 4.98 Å². The second-order valence-electron chi connectivity index (χ2n) is 5.55. The first kappa shape index (κ1) is 11.2. The lowest BCUT2D eigenvalue weighted by atomic mass is 9.70. The van der Waals surface area contributed by atoms with Crippen LogP contribution in [0.3, 0.4) is 0 Å². The molecule has 1 aromatic heterocycles. The molecule has 1 aliphatic heterocycles. The second kappa shape index (κ2) is 4.10. The first-order chi connectivity index (χ1) is 8.19. The first-order valence-electron chi connectivity index (χ1n) is 6.48. The van der Waals surface area contributed by atoms with Crippen molar-refractivity contribution in [3.63, 3.8) is 0 Å². The minimum Gasteiger partial charge on any atom is -0.386 e. The van der Waals surface area contributed by atoms with Gasteiger partial charge in [0.25, 0.3) is 0 Å². The van der Waals surface area contributed by atoms with Crippen LogP contribution < -0.4 is 0 Å². The van der Waals surface area contributed by atoms with Crippen molar-refractivity contribution in [1.82, 2.24) is 9.55 Å². The molecule has 1 aliphatic carbocycles. The molecule has 2 heterocycles. The van der Waals surface area contributed by atoms with E-state index < -0.39 is 6.10 Å². The Bertz CT molecular complexity index is 398. The summed E-state index contributed by atoms with van der Waals surface area (Å²) in [6.07, 6.45) is 8.76. The molecule has 4 heteroatoms. The summed E-state index contributed by atoms with van der Waals surface area (Å²) in [5.41, 5.74) is 0.896. The van der Waals surface area contributed by atoms with Crippen LogP contribution >= 0.6 is 0 Å². The van der Waals surface area contributed by atoms with E-state index in [-0.39, 0.29) is 5.60 Å². The van der Waals surface area contributed by atoms with Gasteiger partial charge in [-0.2, -0.15) is 0 Å². The second-order valence-corrected chi connectivity index (χ2v) is 5.55. The molecule has 2 fully saturated rings. The minimum absolute atomic E-state index is 0.0959. The van der Waals surface area contributed by atoms with Gasteiger partial charge in [-0.3, -0.25) is 0 Å². The molecular weight excluding hydrogens is 216 g/mol. The molecule has 2 atom stereocenters. The lowest BCUT2D eigenvalue weighted by Crippen LogP contribution is -2.46. The predicted molar refractivity (Wildman–Crippen MR) is 63.4 cm³/mol. The molecule has 1 spiro atoms. The number of imidazole rings is 1. The highest BCUT2D eigenvalue weighted by molar-refractivity contribution is 5.05. The largest absolute Gasteiger partial charge is 0.386 e. The van der Waals surface area contributed by atoms with Gasteiger partial charge in [0, 0.05) is 19.9 Å². The summed E-state index contributed by atoms with van der Waals surface area (Å²) in [6, 6.07) is 0. The van der Waals surface area contributed by atoms with Crippen LogP contribution in [-0.4, -0.2) is 26.9 Å². The molecule has 0 aromatic carbocycles. The molecule has 1 aromatic rings. The van der Waals surface area contributed by atoms with Crippen molar-refractivity contribution in [2.24, 2.45) is 13.0 Å². The number of aryl methyl sites for hydroxylation is 1. The molecule has 2 aliphatic rings. The smallest absolute Gasteiger partial charge is 0.100 e. The maximum atomic E-state index is 10.4. The molecule has 17 heavy (non-hydrogen) atoms. The van der Waals surface area contributed by atoms with E-state index in [1.807, 2.05) is 17.8 Å². The van der Waals surface area contributed by atoms with Gasteiger partial charge in [0.15, 0.2) is 0 Å². The normalized spacial score (nSPS) is 28.9. The van der Waals surface area contributed by atoms with E-state index in [1.165, 1.54) is 19.3 Å². The summed E-state index contributed by atoms with van der Waals surface area (Å²) in [7, 11) is 1.93. The zero-order valence-corrected chi connectivity index (χ0v) is 10.3. The fourth-order valence-corrected chi connectivity index (χ4v) is 3.08. The van der Waals surface area contributed by atoms with Crippen LogP contribution in [0.2, 0.25) is 0 Å². The molecule has 0 amide bonds. The molecule has 4 nitrogen and oxygen atoms in total. The average molecular weight is 236 g/mol. The fourth-order valence-electron chi connectivity index (χ4n) is 3.08. The fraction of sp³-hybridized carbons (Fsp3) is 0.769. The number of hydrogen-bond donors (Lipinski definition) is 1. The molecule has 0 bridgehead atoms. The maximum Gasteiger partial charge on any atom is 0.100 e. The average Bonchev–Trinajstić information content (AvgIpc) is 2.73. The van der Waals surface area contributed by atoms with Crippen molar-refractivity contribution in [2.75, 3.05) is 6.61 Å². The summed E-state index contributed by atoms with van der Waals surface area (Å²) in [5, 5.41) is 10.4. The molecular formula is C13H20N2O2. The standard InChI is InChI=1S/C13H20N2O2/c1-15-8-11(14-9-15)12(16)10-3-6-17-13(7-10)4-2-5-13/h8-10,12,16H,2-7H2,1H3. The van der Waals surface area contributed by atoms with Crippen molar-refractivity contribution < 1.29 is 9.84 Å². The van der Waals surface area contributed by atoms with E-state index in [4.69, 9.17) is 4.74 Å². The number of nitrogens with zero attached hydrogens (tertiary/aromatic N) is 2. The molecule has 3 rings (SSSR count). The zero-order valence-electron chi connectivity index (χ0n) is 10.3. The third-order valence-corrected chi connectivity index (χ3v) is 4.27. The van der Waals surface area contributed by atoms with E-state index in [1.54, 1.807) is 6.33 Å². The Labute approximate surface area is 102 Å². The quantitative estimate of drug-likeness (QED) is 0.851. The van der Waals surface area contributed by atoms with Crippen LogP contribution in [0.5, 0.6) is 0 Å². The van der Waals surface area contributed by atoms with E-state index >= 15 is 0 Å². The van der Waals surface area contributed by atoms with Crippen molar-refractivity contribution in [1.29, 1.82) is 0 Å². The number of rotatable bonds is 2. The van der Waals surface area contributed by atoms with Crippen molar-refractivity contribution in [2.45, 2.75) is 43.8 Å². The number of aliphatic hydroxyl groups excluding tert-OH is 1. The van der Waals surface area contributed by atoms with Gasteiger partial charge in [-0.05, 0) is 38.0 Å². The maximum absolute atomic E-state index is 10.4. The molecule has 1 saturated carbocycles. The number of aliphatic hydroxyl groups is 1. The molecule has 1 N–H and O–H groups in total. The molecule has 0 radical (unpaired) electrons. The van der Waals surface area contributed by atoms with Gasteiger partial charge >= 0.3 is 0 Å². The Kier molecular flexibility index (Phi) is 2.71. The summed E-state index contributed by atoms with van der Waals surface area (Å²) in [5.74, 6) is 0.305. The van der Waals surface area contributed by atoms with Gasteiger partial charge in [-0.1, -0.05) is 0 Å². The van der Waals surface area contributed by atoms with Crippen LogP contribution in [0.1, 0.15) is 43.9 Å². The number of hydrogen-bond acceptors (Lipinski definition) is 3. The minimum atomic E-state index is -0.433. The topological polar surface area (TPSA) is 47.3 Å². The lowest BCUT2D eigenvalue weighted by Gasteiger charge is -2.48. The third kappa shape index (κ3) is 2.00. The van der Waals surface area contributed by atoms with E-state index in [2.05, 4.69) is 4.98 Å². The Balaban J connectivity index is 1.71. The van der Waals surface area contributed by atoms with E-state index in [0.29, 0.717) is 5.92 Å². The highest BCUT2D eigenvalue weighted by atomic mass is 16.5. The Morgan fingerprint density at radius 2 is 2.41 bits per heavy atom. The SMILES string of the molecule is Cn1cnc(C(O)C2CCOC3(CCC3)C2)c1. The molecule has 94 valence electrons. The first-order valence-corrected chi connectivity index (χ1v) is 6.48. The summed E-state index contributed by atoms with van der Waals surface area (Å²) >= 11 is 0. The van der Waals surface area contributed by atoms with Crippen LogP contribution in [0, 0.1) is 5.92 Å². The van der Waals surface area contributed by atoms with Crippen LogP contribution in [0.15, 0.2) is 12.5 Å². The predicted octanol–water partition coefficient (Wildman–Crippen LogP) is 1.80. The van der Waals surface area contributed by atoms with Crippen molar-refractivity contribution >= 4 is 0 Å². The third-order valence-electron chi connectivity index (χ3n) is 4.27.